The third-order valence-corrected chi connectivity index (χ3v) is 8.40. The van der Waals surface area contributed by atoms with Crippen LogP contribution in [0.25, 0.3) is 0 Å². The molecule has 2 aromatic rings. The highest BCUT2D eigenvalue weighted by Crippen LogP contribution is 2.62. The molecular weight excluding hydrogens is 412 g/mol. The van der Waals surface area contributed by atoms with Crippen LogP contribution in [0.5, 0.6) is 0 Å². The molecule has 170 valence electrons. The summed E-state index contributed by atoms with van der Waals surface area (Å²) in [5.74, 6) is 1.08. The standard InChI is InChI=1S/C32H32N2/c33-30-17-9-6-14-27(30)31(34)22-18-20-24(21-19-22)32(23-10-2-1-3-11-23)28-15-7-4-12-25(28)26-13-5-8-16-29(26)32/h1-2,4-6,9-10,12-14,17-21,25,28,34H,3,7-8,11,15-16,33H2. The van der Waals surface area contributed by atoms with Gasteiger partial charge in [0, 0.05) is 28.1 Å². The minimum atomic E-state index is -0.0349. The van der Waals surface area contributed by atoms with Crippen LogP contribution in [0, 0.1) is 17.2 Å². The number of hydrogen-bond donors (Lipinski definition) is 2. The Hall–Kier alpha value is -3.39. The molecule has 0 aliphatic heterocycles. The molecule has 2 heteroatoms. The van der Waals surface area contributed by atoms with Gasteiger partial charge in [-0.15, -0.1) is 0 Å². The fraction of sp³-hybridized carbons (Fsp3) is 0.281. The summed E-state index contributed by atoms with van der Waals surface area (Å²) in [4.78, 5) is 0. The summed E-state index contributed by atoms with van der Waals surface area (Å²) >= 11 is 0. The van der Waals surface area contributed by atoms with E-state index in [1.54, 1.807) is 16.7 Å². The molecule has 2 nitrogen and oxygen atoms in total. The van der Waals surface area contributed by atoms with Gasteiger partial charge in [-0.25, -0.2) is 0 Å². The number of nitrogens with two attached hydrogens (primary N) is 1. The molecule has 0 fully saturated rings. The van der Waals surface area contributed by atoms with Crippen molar-refractivity contribution >= 4 is 11.4 Å². The van der Waals surface area contributed by atoms with E-state index in [4.69, 9.17) is 11.1 Å². The predicted octanol–water partition coefficient (Wildman–Crippen LogP) is 7.44. The third-order valence-electron chi connectivity index (χ3n) is 8.40. The van der Waals surface area contributed by atoms with Crippen LogP contribution in [0.2, 0.25) is 0 Å². The first-order valence-electron chi connectivity index (χ1n) is 12.7. The van der Waals surface area contributed by atoms with Crippen LogP contribution >= 0.6 is 0 Å². The van der Waals surface area contributed by atoms with Crippen molar-refractivity contribution in [3.8, 4) is 0 Å². The molecule has 0 bridgehead atoms. The zero-order valence-electron chi connectivity index (χ0n) is 19.6. The highest BCUT2D eigenvalue weighted by molar-refractivity contribution is 6.13. The molecule has 4 aliphatic rings. The van der Waals surface area contributed by atoms with Crippen LogP contribution in [0.3, 0.4) is 0 Å². The molecule has 34 heavy (non-hydrogen) atoms. The second kappa shape index (κ2) is 8.43. The molecule has 0 amide bonds. The van der Waals surface area contributed by atoms with Crippen LogP contribution < -0.4 is 5.73 Å². The van der Waals surface area contributed by atoms with Gasteiger partial charge in [-0.3, -0.25) is 5.41 Å². The Balaban J connectivity index is 1.50. The molecule has 3 atom stereocenters. The molecular formula is C32H32N2. The number of allylic oxidation sites excluding steroid dienone is 10. The van der Waals surface area contributed by atoms with E-state index in [9.17, 15) is 0 Å². The lowest BCUT2D eigenvalue weighted by Crippen LogP contribution is -2.39. The molecule has 4 aliphatic carbocycles. The number of benzene rings is 2. The van der Waals surface area contributed by atoms with Gasteiger partial charge in [0.15, 0.2) is 0 Å². The van der Waals surface area contributed by atoms with Crippen LogP contribution in [0.4, 0.5) is 5.69 Å². The lowest BCUT2D eigenvalue weighted by atomic mass is 9.58. The van der Waals surface area contributed by atoms with Gasteiger partial charge in [-0.05, 0) is 61.6 Å². The van der Waals surface area contributed by atoms with E-state index in [2.05, 4.69) is 66.8 Å². The van der Waals surface area contributed by atoms with Crippen molar-refractivity contribution in [2.24, 2.45) is 11.8 Å². The van der Waals surface area contributed by atoms with Crippen molar-refractivity contribution in [1.29, 1.82) is 5.41 Å². The predicted molar refractivity (Wildman–Crippen MR) is 142 cm³/mol. The highest BCUT2D eigenvalue weighted by Gasteiger charge is 2.55. The van der Waals surface area contributed by atoms with Crippen molar-refractivity contribution in [1.82, 2.24) is 0 Å². The first kappa shape index (κ1) is 21.2. The number of rotatable bonds is 4. The van der Waals surface area contributed by atoms with E-state index < -0.39 is 0 Å². The van der Waals surface area contributed by atoms with Gasteiger partial charge in [-0.1, -0.05) is 96.1 Å². The van der Waals surface area contributed by atoms with Gasteiger partial charge < -0.3 is 5.73 Å². The molecule has 6 rings (SSSR count). The number of para-hydroxylation sites is 1. The van der Waals surface area contributed by atoms with Gasteiger partial charge >= 0.3 is 0 Å². The summed E-state index contributed by atoms with van der Waals surface area (Å²) in [5, 5.41) is 8.80. The first-order valence-corrected chi connectivity index (χ1v) is 12.7. The Morgan fingerprint density at radius 3 is 2.53 bits per heavy atom. The van der Waals surface area contributed by atoms with Crippen LogP contribution in [0.15, 0.2) is 108 Å². The number of nitrogen functional groups attached to an aromatic ring is 1. The van der Waals surface area contributed by atoms with Gasteiger partial charge in [0.2, 0.25) is 0 Å². The minimum absolute atomic E-state index is 0.0349. The van der Waals surface area contributed by atoms with Crippen LogP contribution in [-0.2, 0) is 5.41 Å². The maximum absolute atomic E-state index is 8.80. The fourth-order valence-corrected chi connectivity index (χ4v) is 7.00. The molecule has 0 spiro atoms. The number of fused-ring (bicyclic) bond motifs is 2. The summed E-state index contributed by atoms with van der Waals surface area (Å²) in [6.45, 7) is 0. The van der Waals surface area contributed by atoms with Gasteiger partial charge in [0.25, 0.3) is 0 Å². The zero-order valence-corrected chi connectivity index (χ0v) is 19.6. The van der Waals surface area contributed by atoms with E-state index in [1.807, 2.05) is 24.3 Å². The summed E-state index contributed by atoms with van der Waals surface area (Å²) in [7, 11) is 0. The Kier molecular flexibility index (Phi) is 5.25. The van der Waals surface area contributed by atoms with Gasteiger partial charge in [0.1, 0.15) is 0 Å². The topological polar surface area (TPSA) is 49.9 Å². The molecule has 2 aromatic carbocycles. The maximum atomic E-state index is 8.80. The van der Waals surface area contributed by atoms with Gasteiger partial charge in [0.05, 0.1) is 5.71 Å². The second-order valence-corrected chi connectivity index (χ2v) is 10.0. The number of anilines is 1. The second-order valence-electron chi connectivity index (χ2n) is 10.0. The average molecular weight is 445 g/mol. The van der Waals surface area contributed by atoms with Crippen molar-refractivity contribution in [2.45, 2.75) is 43.9 Å². The lowest BCUT2D eigenvalue weighted by Gasteiger charge is -2.44. The smallest absolute Gasteiger partial charge is 0.0705 e. The van der Waals surface area contributed by atoms with Crippen LogP contribution in [-0.4, -0.2) is 5.71 Å². The SMILES string of the molecule is N=C(c1ccc(C2(C3=CC=CCC3)C3=C(C=CCC3)C3C=CCCC32)cc1)c1ccccc1N. The summed E-state index contributed by atoms with van der Waals surface area (Å²) in [5.41, 5.74) is 15.2. The molecule has 0 heterocycles. The normalized spacial score (nSPS) is 27.4. The number of hydrogen-bond acceptors (Lipinski definition) is 2. The molecule has 0 saturated carbocycles. The molecule has 0 saturated heterocycles. The van der Waals surface area contributed by atoms with Gasteiger partial charge in [-0.2, -0.15) is 0 Å². The van der Waals surface area contributed by atoms with Crippen molar-refractivity contribution in [2.75, 3.05) is 5.73 Å². The maximum Gasteiger partial charge on any atom is 0.0705 e. The third kappa shape index (κ3) is 3.12. The van der Waals surface area contributed by atoms with Crippen LogP contribution in [0.1, 0.15) is 55.2 Å². The Bertz CT molecular complexity index is 1280. The average Bonchev–Trinajstić information content (AvgIpc) is 3.21. The largest absolute Gasteiger partial charge is 0.398 e. The van der Waals surface area contributed by atoms with E-state index in [1.165, 1.54) is 12.0 Å². The van der Waals surface area contributed by atoms with E-state index in [-0.39, 0.29) is 5.41 Å². The zero-order chi connectivity index (χ0) is 23.1. The number of nitrogens with one attached hydrogen (secondary N) is 1. The van der Waals surface area contributed by atoms with E-state index >= 15 is 0 Å². The monoisotopic (exact) mass is 444 g/mol. The Morgan fingerprint density at radius 2 is 1.74 bits per heavy atom. The lowest BCUT2D eigenvalue weighted by molar-refractivity contribution is 0.304. The fourth-order valence-electron chi connectivity index (χ4n) is 7.00. The minimum Gasteiger partial charge on any atom is -0.398 e. The Morgan fingerprint density at radius 1 is 0.912 bits per heavy atom. The molecule has 0 aromatic heterocycles. The summed E-state index contributed by atoms with van der Waals surface area (Å²) in [6.07, 6.45) is 23.6. The first-order chi connectivity index (χ1) is 16.7. The van der Waals surface area contributed by atoms with Crippen molar-refractivity contribution in [3.05, 3.63) is 124 Å². The molecule has 0 radical (unpaired) electrons. The van der Waals surface area contributed by atoms with E-state index in [0.717, 1.165) is 43.2 Å². The quantitative estimate of drug-likeness (QED) is 0.287. The van der Waals surface area contributed by atoms with Crippen molar-refractivity contribution in [3.63, 3.8) is 0 Å². The van der Waals surface area contributed by atoms with E-state index in [0.29, 0.717) is 23.2 Å². The summed E-state index contributed by atoms with van der Waals surface area (Å²) < 4.78 is 0. The summed E-state index contributed by atoms with van der Waals surface area (Å²) in [6, 6.07) is 16.6. The molecule has 3 unspecified atom stereocenters. The highest BCUT2D eigenvalue weighted by atomic mass is 14.6. The Labute approximate surface area is 202 Å². The molecule has 3 N–H and O–H groups in total. The van der Waals surface area contributed by atoms with Crippen molar-refractivity contribution < 1.29 is 0 Å².